The molecule has 1 heterocycles. The van der Waals surface area contributed by atoms with E-state index in [1.165, 1.54) is 6.07 Å². The molecule has 0 aliphatic rings. The number of rotatable bonds is 5. The lowest BCUT2D eigenvalue weighted by Crippen LogP contribution is -2.30. The van der Waals surface area contributed by atoms with E-state index in [0.717, 1.165) is 21.5 Å². The van der Waals surface area contributed by atoms with E-state index in [0.29, 0.717) is 12.1 Å². The van der Waals surface area contributed by atoms with Crippen LogP contribution in [0, 0.1) is 11.6 Å². The number of nitrogens with two attached hydrogens (primary N) is 1. The molecule has 0 aliphatic carbocycles. The van der Waals surface area contributed by atoms with E-state index in [9.17, 15) is 8.78 Å². The first-order chi connectivity index (χ1) is 9.51. The molecule has 1 aromatic carbocycles. The number of hydrogen-bond donors (Lipinski definition) is 1. The van der Waals surface area contributed by atoms with Crippen molar-refractivity contribution in [2.24, 2.45) is 5.73 Å². The molecule has 1 aromatic heterocycles. The summed E-state index contributed by atoms with van der Waals surface area (Å²) in [6.45, 7) is 0.849. The number of hydrogen-bond acceptors (Lipinski definition) is 3. The minimum atomic E-state index is -0.452. The summed E-state index contributed by atoms with van der Waals surface area (Å²) in [5.41, 5.74) is 7.15. The van der Waals surface area contributed by atoms with Gasteiger partial charge in [-0.05, 0) is 58.2 Å². The van der Waals surface area contributed by atoms with Crippen molar-refractivity contribution in [3.05, 3.63) is 56.2 Å². The topological polar surface area (TPSA) is 29.3 Å². The number of likely N-dealkylation sites (N-methyl/N-ethyl adjacent to an activating group) is 1. The van der Waals surface area contributed by atoms with Gasteiger partial charge in [-0.2, -0.15) is 0 Å². The Kier molecular flexibility index (Phi) is 5.26. The van der Waals surface area contributed by atoms with Crippen LogP contribution in [0.4, 0.5) is 8.78 Å². The maximum absolute atomic E-state index is 13.9. The SMILES string of the molecule is CN(Cc1csc(Br)c1)C(CN)c1cc(F)ccc1F. The van der Waals surface area contributed by atoms with E-state index in [1.807, 2.05) is 23.4 Å². The number of benzene rings is 1. The van der Waals surface area contributed by atoms with Crippen LogP contribution in [0.5, 0.6) is 0 Å². The second-order valence-electron chi connectivity index (χ2n) is 4.59. The minimum Gasteiger partial charge on any atom is -0.329 e. The van der Waals surface area contributed by atoms with E-state index < -0.39 is 11.6 Å². The van der Waals surface area contributed by atoms with Crippen molar-refractivity contribution >= 4 is 27.3 Å². The molecule has 1 unspecified atom stereocenters. The maximum Gasteiger partial charge on any atom is 0.128 e. The van der Waals surface area contributed by atoms with Gasteiger partial charge in [-0.1, -0.05) is 0 Å². The van der Waals surface area contributed by atoms with Crippen molar-refractivity contribution in [1.82, 2.24) is 4.90 Å². The zero-order valence-corrected chi connectivity index (χ0v) is 13.3. The zero-order valence-electron chi connectivity index (χ0n) is 10.9. The average molecular weight is 361 g/mol. The zero-order chi connectivity index (χ0) is 14.7. The van der Waals surface area contributed by atoms with Crippen LogP contribution < -0.4 is 5.73 Å². The summed E-state index contributed by atoms with van der Waals surface area (Å²) in [7, 11) is 1.85. The van der Waals surface area contributed by atoms with E-state index in [1.54, 1.807) is 11.3 Å². The Bertz CT molecular complexity index is 588. The molecular weight excluding hydrogens is 346 g/mol. The van der Waals surface area contributed by atoms with Gasteiger partial charge in [0.2, 0.25) is 0 Å². The molecule has 1 atom stereocenters. The Morgan fingerprint density at radius 3 is 2.70 bits per heavy atom. The summed E-state index contributed by atoms with van der Waals surface area (Å²) >= 11 is 5.00. The van der Waals surface area contributed by atoms with Crippen molar-refractivity contribution in [1.29, 1.82) is 0 Å². The molecule has 2 N–H and O–H groups in total. The molecule has 108 valence electrons. The van der Waals surface area contributed by atoms with Crippen molar-refractivity contribution in [3.8, 4) is 0 Å². The van der Waals surface area contributed by atoms with Gasteiger partial charge in [0.1, 0.15) is 11.6 Å². The molecule has 2 rings (SSSR count). The molecular formula is C14H15BrF2N2S. The van der Waals surface area contributed by atoms with Crippen molar-refractivity contribution < 1.29 is 8.78 Å². The maximum atomic E-state index is 13.9. The van der Waals surface area contributed by atoms with Crippen LogP contribution in [0.1, 0.15) is 17.2 Å². The fourth-order valence-corrected chi connectivity index (χ4v) is 3.34. The van der Waals surface area contributed by atoms with Crippen LogP contribution >= 0.6 is 27.3 Å². The third-order valence-corrected chi connectivity index (χ3v) is 4.68. The van der Waals surface area contributed by atoms with Gasteiger partial charge in [0.15, 0.2) is 0 Å². The van der Waals surface area contributed by atoms with E-state index in [2.05, 4.69) is 15.9 Å². The molecule has 20 heavy (non-hydrogen) atoms. The normalized spacial score (nSPS) is 12.9. The fourth-order valence-electron chi connectivity index (χ4n) is 2.14. The van der Waals surface area contributed by atoms with Crippen molar-refractivity contribution in [2.45, 2.75) is 12.6 Å². The molecule has 0 spiro atoms. The van der Waals surface area contributed by atoms with Gasteiger partial charge in [-0.15, -0.1) is 11.3 Å². The van der Waals surface area contributed by atoms with Gasteiger partial charge >= 0.3 is 0 Å². The van der Waals surface area contributed by atoms with Gasteiger partial charge in [0, 0.05) is 18.7 Å². The largest absolute Gasteiger partial charge is 0.329 e. The monoisotopic (exact) mass is 360 g/mol. The quantitative estimate of drug-likeness (QED) is 0.875. The molecule has 0 aliphatic heterocycles. The highest BCUT2D eigenvalue weighted by molar-refractivity contribution is 9.11. The third kappa shape index (κ3) is 3.63. The van der Waals surface area contributed by atoms with Gasteiger partial charge in [-0.25, -0.2) is 8.78 Å². The van der Waals surface area contributed by atoms with Gasteiger partial charge in [0.25, 0.3) is 0 Å². The third-order valence-electron chi connectivity index (χ3n) is 3.13. The second-order valence-corrected chi connectivity index (χ2v) is 6.88. The fraction of sp³-hybridized carbons (Fsp3) is 0.286. The summed E-state index contributed by atoms with van der Waals surface area (Å²) < 4.78 is 28.2. The van der Waals surface area contributed by atoms with Crippen LogP contribution in [0.2, 0.25) is 0 Å². The van der Waals surface area contributed by atoms with Crippen molar-refractivity contribution in [3.63, 3.8) is 0 Å². The standard InChI is InChI=1S/C14H15BrF2N2S/c1-19(7-9-4-14(15)20-8-9)13(6-18)11-5-10(16)2-3-12(11)17/h2-5,8,13H,6-7,18H2,1H3. The van der Waals surface area contributed by atoms with Crippen LogP contribution in [0.3, 0.4) is 0 Å². The van der Waals surface area contributed by atoms with E-state index in [4.69, 9.17) is 5.73 Å². The first kappa shape index (κ1) is 15.6. The van der Waals surface area contributed by atoms with Gasteiger partial charge in [0.05, 0.1) is 9.83 Å². The highest BCUT2D eigenvalue weighted by atomic mass is 79.9. The Morgan fingerprint density at radius 1 is 1.35 bits per heavy atom. The van der Waals surface area contributed by atoms with Gasteiger partial charge < -0.3 is 5.73 Å². The first-order valence-electron chi connectivity index (χ1n) is 6.09. The summed E-state index contributed by atoms with van der Waals surface area (Å²) in [5.74, 6) is -0.883. The average Bonchev–Trinajstić information content (AvgIpc) is 2.80. The van der Waals surface area contributed by atoms with Crippen LogP contribution in [0.25, 0.3) is 0 Å². The number of nitrogens with zero attached hydrogens (tertiary/aromatic N) is 1. The lowest BCUT2D eigenvalue weighted by Gasteiger charge is -2.27. The summed E-state index contributed by atoms with van der Waals surface area (Å²) in [4.78, 5) is 1.92. The molecule has 0 bridgehead atoms. The van der Waals surface area contributed by atoms with Crippen LogP contribution in [-0.4, -0.2) is 18.5 Å². The van der Waals surface area contributed by atoms with E-state index >= 15 is 0 Å². The van der Waals surface area contributed by atoms with Crippen molar-refractivity contribution in [2.75, 3.05) is 13.6 Å². The lowest BCUT2D eigenvalue weighted by atomic mass is 10.0. The number of thiophene rings is 1. The molecule has 0 saturated carbocycles. The first-order valence-corrected chi connectivity index (χ1v) is 7.76. The molecule has 0 amide bonds. The Morgan fingerprint density at radius 2 is 2.10 bits per heavy atom. The molecule has 6 heteroatoms. The predicted octanol–water partition coefficient (Wildman–Crippen LogP) is 3.92. The molecule has 0 saturated heterocycles. The van der Waals surface area contributed by atoms with E-state index in [-0.39, 0.29) is 12.6 Å². The van der Waals surface area contributed by atoms with Gasteiger partial charge in [-0.3, -0.25) is 4.90 Å². The smallest absolute Gasteiger partial charge is 0.128 e. The highest BCUT2D eigenvalue weighted by Crippen LogP contribution is 2.26. The summed E-state index contributed by atoms with van der Waals surface area (Å²) in [6, 6.07) is 5.12. The van der Waals surface area contributed by atoms with Crippen LogP contribution in [-0.2, 0) is 6.54 Å². The molecule has 2 aromatic rings. The molecule has 0 radical (unpaired) electrons. The second kappa shape index (κ2) is 6.76. The predicted molar refractivity (Wildman–Crippen MR) is 81.6 cm³/mol. The van der Waals surface area contributed by atoms with Crippen LogP contribution in [0.15, 0.2) is 33.4 Å². The minimum absolute atomic E-state index is 0.224. The molecule has 2 nitrogen and oxygen atoms in total. The summed E-state index contributed by atoms with van der Waals surface area (Å²) in [6.07, 6.45) is 0. The Labute approximate surface area is 129 Å². The summed E-state index contributed by atoms with van der Waals surface area (Å²) in [5, 5.41) is 2.02. The Balaban J connectivity index is 2.20. The Hall–Kier alpha value is -0.820. The lowest BCUT2D eigenvalue weighted by molar-refractivity contribution is 0.236. The molecule has 0 fully saturated rings. The number of halogens is 3. The highest BCUT2D eigenvalue weighted by Gasteiger charge is 2.20.